The van der Waals surface area contributed by atoms with Crippen molar-refractivity contribution in [3.63, 3.8) is 0 Å². The van der Waals surface area contributed by atoms with Gasteiger partial charge in [-0.2, -0.15) is 18.3 Å². The van der Waals surface area contributed by atoms with Crippen LogP contribution in [0.25, 0.3) is 0 Å². The van der Waals surface area contributed by atoms with Crippen molar-refractivity contribution < 1.29 is 32.9 Å². The smallest absolute Gasteiger partial charge is 0.390 e. The zero-order valence-corrected chi connectivity index (χ0v) is 13.1. The van der Waals surface area contributed by atoms with Crippen LogP contribution in [0.3, 0.4) is 0 Å². The van der Waals surface area contributed by atoms with Gasteiger partial charge in [0.2, 0.25) is 5.91 Å². The fourth-order valence-electron chi connectivity index (χ4n) is 2.45. The first-order chi connectivity index (χ1) is 11.2. The molecule has 1 aromatic rings. The maximum atomic E-state index is 12.6. The summed E-state index contributed by atoms with van der Waals surface area (Å²) in [4.78, 5) is 11.8. The molecule has 1 aromatic heterocycles. The summed E-state index contributed by atoms with van der Waals surface area (Å²) in [5.41, 5.74) is -0.675. The van der Waals surface area contributed by atoms with E-state index in [9.17, 15) is 28.2 Å². The van der Waals surface area contributed by atoms with Gasteiger partial charge in [-0.15, -0.1) is 0 Å². The van der Waals surface area contributed by atoms with Crippen molar-refractivity contribution in [2.45, 2.75) is 38.3 Å². The number of aryl methyl sites for hydroxylation is 2. The number of alkyl halides is 3. The lowest BCUT2D eigenvalue weighted by Gasteiger charge is -2.31. The summed E-state index contributed by atoms with van der Waals surface area (Å²) in [7, 11) is 0. The molecule has 0 spiro atoms. The van der Waals surface area contributed by atoms with Crippen LogP contribution >= 0.6 is 0 Å². The Morgan fingerprint density at radius 3 is 2.79 bits per heavy atom. The molecule has 0 radical (unpaired) electrons. The number of aliphatic hydroxyl groups is 2. The van der Waals surface area contributed by atoms with Crippen LogP contribution in [0.5, 0.6) is 0 Å². The predicted octanol–water partition coefficient (Wildman–Crippen LogP) is 0.0848. The lowest BCUT2D eigenvalue weighted by atomic mass is 9.96. The van der Waals surface area contributed by atoms with E-state index in [1.807, 2.05) is 0 Å². The number of aliphatic hydroxyl groups excluding tert-OH is 2. The van der Waals surface area contributed by atoms with Gasteiger partial charge in [0.25, 0.3) is 0 Å². The van der Waals surface area contributed by atoms with Crippen LogP contribution in [0.15, 0.2) is 6.07 Å². The molecule has 24 heavy (non-hydrogen) atoms. The Morgan fingerprint density at radius 1 is 1.46 bits per heavy atom. The average molecular weight is 351 g/mol. The molecule has 1 aliphatic rings. The number of amides is 1. The van der Waals surface area contributed by atoms with Gasteiger partial charge in [-0.25, -0.2) is 0 Å². The number of ether oxygens (including phenoxy) is 1. The Kier molecular flexibility index (Phi) is 5.83. The first-order valence-corrected chi connectivity index (χ1v) is 7.50. The summed E-state index contributed by atoms with van der Waals surface area (Å²) in [5, 5.41) is 25.3. The highest BCUT2D eigenvalue weighted by atomic mass is 19.4. The first-order valence-electron chi connectivity index (χ1n) is 7.50. The second-order valence-corrected chi connectivity index (χ2v) is 5.80. The van der Waals surface area contributed by atoms with E-state index in [0.29, 0.717) is 5.69 Å². The molecule has 0 aromatic carbocycles. The van der Waals surface area contributed by atoms with E-state index in [2.05, 4.69) is 10.4 Å². The number of carbonyl (C=O) groups is 1. The monoisotopic (exact) mass is 351 g/mol. The molecule has 0 saturated carbocycles. The molecule has 0 unspecified atom stereocenters. The summed E-state index contributed by atoms with van der Waals surface area (Å²) in [6.45, 7) is 1.87. The van der Waals surface area contributed by atoms with E-state index in [4.69, 9.17) is 4.74 Å². The predicted molar refractivity (Wildman–Crippen MR) is 75.9 cm³/mol. The Balaban J connectivity index is 1.80. The summed E-state index contributed by atoms with van der Waals surface area (Å²) < 4.78 is 43.9. The van der Waals surface area contributed by atoms with Crippen LogP contribution in [0.2, 0.25) is 0 Å². The molecular formula is C14H20F3N3O4. The highest BCUT2D eigenvalue weighted by Crippen LogP contribution is 2.28. The minimum atomic E-state index is -4.52. The van der Waals surface area contributed by atoms with Crippen molar-refractivity contribution in [1.29, 1.82) is 0 Å². The fraction of sp³-hybridized carbons (Fsp3) is 0.714. The zero-order valence-electron chi connectivity index (χ0n) is 13.1. The number of rotatable bonds is 5. The van der Waals surface area contributed by atoms with Crippen LogP contribution in [0.1, 0.15) is 17.8 Å². The van der Waals surface area contributed by atoms with Gasteiger partial charge >= 0.3 is 6.18 Å². The van der Waals surface area contributed by atoms with E-state index in [1.165, 1.54) is 6.92 Å². The summed E-state index contributed by atoms with van der Waals surface area (Å²) in [6, 6.07) is 0.926. The van der Waals surface area contributed by atoms with Gasteiger partial charge < -0.3 is 20.3 Å². The van der Waals surface area contributed by atoms with Gasteiger partial charge in [-0.3, -0.25) is 9.48 Å². The van der Waals surface area contributed by atoms with Crippen LogP contribution in [0.4, 0.5) is 13.2 Å². The summed E-state index contributed by atoms with van der Waals surface area (Å²) in [6.07, 6.45) is -6.54. The molecule has 3 N–H and O–H groups in total. The van der Waals surface area contributed by atoms with Gasteiger partial charge in [-0.05, 0) is 13.0 Å². The highest BCUT2D eigenvalue weighted by molar-refractivity contribution is 5.75. The minimum Gasteiger partial charge on any atom is -0.390 e. The third kappa shape index (κ3) is 4.68. The second kappa shape index (κ2) is 7.49. The Bertz CT molecular complexity index is 576. The van der Waals surface area contributed by atoms with Gasteiger partial charge in [0.1, 0.15) is 6.10 Å². The van der Waals surface area contributed by atoms with Crippen molar-refractivity contribution in [3.8, 4) is 0 Å². The number of hydrogen-bond acceptors (Lipinski definition) is 5. The third-order valence-electron chi connectivity index (χ3n) is 3.88. The molecule has 1 fully saturated rings. The Morgan fingerprint density at radius 2 is 2.17 bits per heavy atom. The molecular weight excluding hydrogens is 331 g/mol. The van der Waals surface area contributed by atoms with E-state index in [1.54, 1.807) is 0 Å². The molecule has 1 amide bonds. The molecule has 10 heteroatoms. The number of carbonyl (C=O) groups excluding carboxylic acids is 1. The second-order valence-electron chi connectivity index (χ2n) is 5.80. The van der Waals surface area contributed by atoms with Crippen molar-refractivity contribution in [2.24, 2.45) is 5.92 Å². The largest absolute Gasteiger partial charge is 0.435 e. The van der Waals surface area contributed by atoms with E-state index in [0.717, 1.165) is 10.7 Å². The van der Waals surface area contributed by atoms with Gasteiger partial charge in [-0.1, -0.05) is 0 Å². The van der Waals surface area contributed by atoms with Crippen molar-refractivity contribution in [2.75, 3.05) is 19.8 Å². The molecule has 7 nitrogen and oxygen atoms in total. The molecule has 0 bridgehead atoms. The van der Waals surface area contributed by atoms with Gasteiger partial charge in [0, 0.05) is 31.1 Å². The number of nitrogens with one attached hydrogen (secondary N) is 1. The highest BCUT2D eigenvalue weighted by Gasteiger charge is 2.34. The lowest BCUT2D eigenvalue weighted by molar-refractivity contribution is -0.141. The van der Waals surface area contributed by atoms with Crippen LogP contribution < -0.4 is 5.32 Å². The van der Waals surface area contributed by atoms with Crippen LogP contribution in [-0.2, 0) is 22.3 Å². The maximum absolute atomic E-state index is 12.6. The molecule has 136 valence electrons. The van der Waals surface area contributed by atoms with E-state index < -0.39 is 30.0 Å². The Labute approximate surface area is 136 Å². The average Bonchev–Trinajstić information content (AvgIpc) is 2.88. The quantitative estimate of drug-likeness (QED) is 0.698. The SMILES string of the molecule is Cc1cc(C(F)(F)F)nn1CCC(=O)NC[C@@H]1COC[C@@H](O)[C@H]1O. The summed E-state index contributed by atoms with van der Waals surface area (Å²) >= 11 is 0. The van der Waals surface area contributed by atoms with Crippen LogP contribution in [0, 0.1) is 12.8 Å². The number of hydrogen-bond donors (Lipinski definition) is 3. The van der Waals surface area contributed by atoms with Crippen molar-refractivity contribution in [3.05, 3.63) is 17.5 Å². The number of halogens is 3. The van der Waals surface area contributed by atoms with Gasteiger partial charge in [0.15, 0.2) is 5.69 Å². The number of nitrogens with zero attached hydrogens (tertiary/aromatic N) is 2. The van der Waals surface area contributed by atoms with Crippen LogP contribution in [-0.4, -0.2) is 57.9 Å². The summed E-state index contributed by atoms with van der Waals surface area (Å²) in [5.74, 6) is -0.813. The standard InChI is InChI=1S/C14H20F3N3O4/c1-8-4-11(14(15,16)17)19-20(8)3-2-12(22)18-5-9-6-24-7-10(21)13(9)23/h4,9-10,13,21,23H,2-3,5-7H2,1H3,(H,18,22)/t9-,10-,13+/m1/s1. The molecule has 0 aliphatic carbocycles. The molecule has 2 heterocycles. The Hall–Kier alpha value is -1.65. The van der Waals surface area contributed by atoms with Gasteiger partial charge in [0.05, 0.1) is 19.3 Å². The fourth-order valence-corrected chi connectivity index (χ4v) is 2.45. The lowest BCUT2D eigenvalue weighted by Crippen LogP contribution is -2.48. The third-order valence-corrected chi connectivity index (χ3v) is 3.88. The zero-order chi connectivity index (χ0) is 17.9. The number of aromatic nitrogens is 2. The topological polar surface area (TPSA) is 96.6 Å². The maximum Gasteiger partial charge on any atom is 0.435 e. The molecule has 1 aliphatic heterocycles. The minimum absolute atomic E-state index is 0.0140. The molecule has 2 rings (SSSR count). The normalized spacial score (nSPS) is 24.8. The van der Waals surface area contributed by atoms with Crippen molar-refractivity contribution in [1.82, 2.24) is 15.1 Å². The van der Waals surface area contributed by atoms with E-state index >= 15 is 0 Å². The van der Waals surface area contributed by atoms with Crippen molar-refractivity contribution >= 4 is 5.91 Å². The molecule has 1 saturated heterocycles. The van der Waals surface area contributed by atoms with E-state index in [-0.39, 0.29) is 38.6 Å². The molecule has 3 atom stereocenters. The first kappa shape index (κ1) is 18.7.